The highest BCUT2D eigenvalue weighted by atomic mass is 19.1. The fourth-order valence-corrected chi connectivity index (χ4v) is 2.09. The molecule has 8 heteroatoms. The number of ether oxygens (including phenoxy) is 2. The lowest BCUT2D eigenvalue weighted by Gasteiger charge is -2.09. The molecule has 0 amide bonds. The highest BCUT2D eigenvalue weighted by molar-refractivity contribution is 5.91. The first-order valence-corrected chi connectivity index (χ1v) is 7.44. The van der Waals surface area contributed by atoms with E-state index in [1.54, 1.807) is 6.07 Å². The molecule has 2 rings (SSSR count). The number of carbonyl (C=O) groups excluding carboxylic acids is 1. The number of methoxy groups -OCH3 is 1. The molecule has 2 aromatic rings. The van der Waals surface area contributed by atoms with Crippen LogP contribution in [0.2, 0.25) is 0 Å². The Morgan fingerprint density at radius 1 is 1.28 bits per heavy atom. The lowest BCUT2D eigenvalue weighted by atomic mass is 10.1. The number of nitrogens with zero attached hydrogens (tertiary/aromatic N) is 1. The predicted molar refractivity (Wildman–Crippen MR) is 89.0 cm³/mol. The average molecular weight is 348 g/mol. The molecule has 0 saturated carbocycles. The highest BCUT2D eigenvalue weighted by Gasteiger charge is 2.18. The lowest BCUT2D eigenvalue weighted by Crippen LogP contribution is -2.11. The molecular weight excluding hydrogens is 331 g/mol. The zero-order valence-corrected chi connectivity index (χ0v) is 13.5. The number of nitrogens with one attached hydrogen (secondary N) is 1. The number of benzene rings is 2. The van der Waals surface area contributed by atoms with Crippen LogP contribution in [0, 0.1) is 15.9 Å². The van der Waals surface area contributed by atoms with Crippen molar-refractivity contribution in [1.29, 1.82) is 0 Å². The molecule has 0 atom stereocenters. The number of anilines is 1. The van der Waals surface area contributed by atoms with Crippen LogP contribution in [0.1, 0.15) is 15.9 Å². The smallest absolute Gasteiger partial charge is 0.338 e. The van der Waals surface area contributed by atoms with Crippen molar-refractivity contribution in [2.75, 3.05) is 25.6 Å². The second-order valence-corrected chi connectivity index (χ2v) is 5.08. The summed E-state index contributed by atoms with van der Waals surface area (Å²) in [5.74, 6) is -1.26. The molecule has 0 unspecified atom stereocenters. The molecule has 132 valence electrons. The first-order chi connectivity index (χ1) is 12.0. The van der Waals surface area contributed by atoms with Crippen molar-refractivity contribution < 1.29 is 23.6 Å². The van der Waals surface area contributed by atoms with Crippen LogP contribution in [0.4, 0.5) is 15.8 Å². The first kappa shape index (κ1) is 18.3. The SMILES string of the molecule is COCCNc1ccc(C(=O)OCc2ccccc2F)cc1[N+](=O)[O-]. The summed E-state index contributed by atoms with van der Waals surface area (Å²) in [6, 6.07) is 9.86. The Hall–Kier alpha value is -3.00. The Balaban J connectivity index is 2.10. The zero-order valence-electron chi connectivity index (χ0n) is 13.5. The van der Waals surface area contributed by atoms with Crippen LogP contribution in [0.25, 0.3) is 0 Å². The lowest BCUT2D eigenvalue weighted by molar-refractivity contribution is -0.384. The van der Waals surface area contributed by atoms with Crippen molar-refractivity contribution >= 4 is 17.3 Å². The van der Waals surface area contributed by atoms with Crippen LogP contribution in [-0.4, -0.2) is 31.2 Å². The third kappa shape index (κ3) is 4.98. The van der Waals surface area contributed by atoms with Crippen LogP contribution in [0.15, 0.2) is 42.5 Å². The quantitative estimate of drug-likeness (QED) is 0.341. The van der Waals surface area contributed by atoms with Crippen LogP contribution >= 0.6 is 0 Å². The van der Waals surface area contributed by atoms with E-state index < -0.39 is 16.7 Å². The Morgan fingerprint density at radius 2 is 2.04 bits per heavy atom. The number of rotatable bonds is 8. The number of hydrogen-bond acceptors (Lipinski definition) is 6. The van der Waals surface area contributed by atoms with Crippen LogP contribution in [0.3, 0.4) is 0 Å². The minimum absolute atomic E-state index is 0.0142. The molecule has 1 N–H and O–H groups in total. The van der Waals surface area contributed by atoms with Gasteiger partial charge in [-0.15, -0.1) is 0 Å². The number of nitro benzene ring substituents is 1. The predicted octanol–water partition coefficient (Wildman–Crippen LogP) is 3.15. The third-order valence-corrected chi connectivity index (χ3v) is 3.37. The maximum Gasteiger partial charge on any atom is 0.338 e. The van der Waals surface area contributed by atoms with E-state index in [0.717, 1.165) is 6.07 Å². The molecule has 0 saturated heterocycles. The summed E-state index contributed by atoms with van der Waals surface area (Å²) in [5, 5.41) is 14.0. The monoisotopic (exact) mass is 348 g/mol. The van der Waals surface area contributed by atoms with Gasteiger partial charge in [0.25, 0.3) is 5.69 Å². The maximum atomic E-state index is 13.5. The Morgan fingerprint density at radius 3 is 2.72 bits per heavy atom. The zero-order chi connectivity index (χ0) is 18.2. The molecule has 0 heterocycles. The van der Waals surface area contributed by atoms with E-state index in [0.29, 0.717) is 13.2 Å². The van der Waals surface area contributed by atoms with Gasteiger partial charge in [0.05, 0.1) is 17.1 Å². The fourth-order valence-electron chi connectivity index (χ4n) is 2.09. The van der Waals surface area contributed by atoms with Gasteiger partial charge in [0, 0.05) is 25.3 Å². The minimum Gasteiger partial charge on any atom is -0.457 e. The first-order valence-electron chi connectivity index (χ1n) is 7.44. The maximum absolute atomic E-state index is 13.5. The van der Waals surface area contributed by atoms with E-state index in [4.69, 9.17) is 9.47 Å². The normalized spacial score (nSPS) is 10.3. The third-order valence-electron chi connectivity index (χ3n) is 3.37. The van der Waals surface area contributed by atoms with E-state index >= 15 is 0 Å². The molecule has 0 fully saturated rings. The van der Waals surface area contributed by atoms with Crippen LogP contribution in [0.5, 0.6) is 0 Å². The van der Waals surface area contributed by atoms with Crippen molar-refractivity contribution in [3.63, 3.8) is 0 Å². The summed E-state index contributed by atoms with van der Waals surface area (Å²) >= 11 is 0. The molecule has 25 heavy (non-hydrogen) atoms. The van der Waals surface area contributed by atoms with Gasteiger partial charge in [-0.3, -0.25) is 10.1 Å². The van der Waals surface area contributed by atoms with Gasteiger partial charge < -0.3 is 14.8 Å². The molecule has 0 aliphatic heterocycles. The van der Waals surface area contributed by atoms with E-state index in [-0.39, 0.29) is 29.1 Å². The van der Waals surface area contributed by atoms with Gasteiger partial charge in [-0.2, -0.15) is 0 Å². The van der Waals surface area contributed by atoms with E-state index in [1.165, 1.54) is 37.4 Å². The number of carbonyl (C=O) groups is 1. The summed E-state index contributed by atoms with van der Waals surface area (Å²) in [6.45, 7) is 0.505. The molecule has 0 bridgehead atoms. The number of hydrogen-bond donors (Lipinski definition) is 1. The van der Waals surface area contributed by atoms with Crippen molar-refractivity contribution in [3.05, 3.63) is 69.5 Å². The number of nitro groups is 1. The van der Waals surface area contributed by atoms with Gasteiger partial charge in [0.1, 0.15) is 18.1 Å². The van der Waals surface area contributed by atoms with Crippen molar-refractivity contribution in [3.8, 4) is 0 Å². The van der Waals surface area contributed by atoms with E-state index in [9.17, 15) is 19.3 Å². The Kier molecular flexibility index (Phi) is 6.41. The fraction of sp³-hybridized carbons (Fsp3) is 0.235. The van der Waals surface area contributed by atoms with Gasteiger partial charge in [-0.1, -0.05) is 18.2 Å². The highest BCUT2D eigenvalue weighted by Crippen LogP contribution is 2.26. The Bertz CT molecular complexity index is 766. The van der Waals surface area contributed by atoms with Gasteiger partial charge in [-0.05, 0) is 18.2 Å². The molecular formula is C17H17FN2O5. The average Bonchev–Trinajstić information content (AvgIpc) is 2.61. The molecule has 2 aromatic carbocycles. The summed E-state index contributed by atoms with van der Waals surface area (Å²) in [4.78, 5) is 22.7. The largest absolute Gasteiger partial charge is 0.457 e. The summed E-state index contributed by atoms with van der Waals surface area (Å²) in [5.41, 5.74) is 0.257. The van der Waals surface area contributed by atoms with Crippen LogP contribution in [-0.2, 0) is 16.1 Å². The molecule has 7 nitrogen and oxygen atoms in total. The molecule has 0 radical (unpaired) electrons. The summed E-state index contributed by atoms with van der Waals surface area (Å²) < 4.78 is 23.4. The Labute approximate surface area is 143 Å². The van der Waals surface area contributed by atoms with Gasteiger partial charge >= 0.3 is 5.97 Å². The number of esters is 1. The topological polar surface area (TPSA) is 90.7 Å². The van der Waals surface area contributed by atoms with Crippen molar-refractivity contribution in [2.45, 2.75) is 6.61 Å². The van der Waals surface area contributed by atoms with E-state index in [2.05, 4.69) is 5.32 Å². The van der Waals surface area contributed by atoms with Gasteiger partial charge in [-0.25, -0.2) is 9.18 Å². The van der Waals surface area contributed by atoms with E-state index in [1.807, 2.05) is 0 Å². The van der Waals surface area contributed by atoms with Crippen molar-refractivity contribution in [2.24, 2.45) is 0 Å². The summed E-state index contributed by atoms with van der Waals surface area (Å²) in [6.07, 6.45) is 0. The number of halogens is 1. The molecule has 0 aliphatic carbocycles. The second kappa shape index (κ2) is 8.74. The second-order valence-electron chi connectivity index (χ2n) is 5.08. The molecule has 0 spiro atoms. The molecule has 0 aromatic heterocycles. The minimum atomic E-state index is -0.769. The standard InChI is InChI=1S/C17H17FN2O5/c1-24-9-8-19-15-7-6-12(10-16(15)20(22)23)17(21)25-11-13-4-2-3-5-14(13)18/h2-7,10,19H,8-9,11H2,1H3. The van der Waals surface area contributed by atoms with Crippen LogP contribution < -0.4 is 5.32 Å². The summed E-state index contributed by atoms with van der Waals surface area (Å²) in [7, 11) is 1.52. The van der Waals surface area contributed by atoms with Gasteiger partial charge in [0.15, 0.2) is 0 Å². The van der Waals surface area contributed by atoms with Gasteiger partial charge in [0.2, 0.25) is 0 Å². The molecule has 0 aliphatic rings. The van der Waals surface area contributed by atoms with Crippen molar-refractivity contribution in [1.82, 2.24) is 0 Å².